The summed E-state index contributed by atoms with van der Waals surface area (Å²) in [6.07, 6.45) is -6.92. The molecule has 2 unspecified atom stereocenters. The molecule has 192 valence electrons. The number of carbonyl (C=O) groups is 1. The summed E-state index contributed by atoms with van der Waals surface area (Å²) in [6.45, 7) is 4.78. The highest BCUT2D eigenvalue weighted by Gasteiger charge is 2.82. The van der Waals surface area contributed by atoms with E-state index in [1.807, 2.05) is 43.3 Å². The molecule has 5 nitrogen and oxygen atoms in total. The number of benzene rings is 2. The Balaban J connectivity index is 2.14. The fourth-order valence-electron chi connectivity index (χ4n) is 5.13. The molecule has 1 fully saturated rings. The van der Waals surface area contributed by atoms with E-state index < -0.39 is 48.9 Å². The van der Waals surface area contributed by atoms with Crippen LogP contribution < -0.4 is 0 Å². The molecular formula is C24H25BrClF3O5S. The number of carboxylic acid groups (broad SMARTS) is 1. The van der Waals surface area contributed by atoms with Gasteiger partial charge < -0.3 is 5.11 Å². The van der Waals surface area contributed by atoms with Crippen LogP contribution in [0.2, 0.25) is 0 Å². The van der Waals surface area contributed by atoms with Gasteiger partial charge in [-0.05, 0) is 41.0 Å². The lowest BCUT2D eigenvalue weighted by Gasteiger charge is -2.32. The van der Waals surface area contributed by atoms with Gasteiger partial charge in [0.1, 0.15) is 6.10 Å². The first-order valence-corrected chi connectivity index (χ1v) is 13.6. The lowest BCUT2D eigenvalue weighted by Crippen LogP contribution is -2.49. The van der Waals surface area contributed by atoms with Gasteiger partial charge in [-0.25, -0.2) is 0 Å². The first-order valence-electron chi connectivity index (χ1n) is 10.6. The maximum atomic E-state index is 13.9. The van der Waals surface area contributed by atoms with Gasteiger partial charge in [0.25, 0.3) is 10.1 Å². The molecule has 3 rings (SSSR count). The Bertz CT molecular complexity index is 1230. The molecule has 0 amide bonds. The van der Waals surface area contributed by atoms with Crippen molar-refractivity contribution in [3.8, 4) is 11.1 Å². The zero-order valence-electron chi connectivity index (χ0n) is 19.4. The number of hydrogen-bond donors (Lipinski definition) is 1. The number of alkyl halides is 5. The van der Waals surface area contributed by atoms with Crippen LogP contribution in [0.25, 0.3) is 11.1 Å². The van der Waals surface area contributed by atoms with Crippen molar-refractivity contribution in [2.75, 3.05) is 6.26 Å². The second-order valence-corrected chi connectivity index (χ2v) is 13.4. The predicted molar refractivity (Wildman–Crippen MR) is 131 cm³/mol. The molecule has 4 atom stereocenters. The van der Waals surface area contributed by atoms with Gasteiger partial charge in [0.15, 0.2) is 0 Å². The standard InChI is InChI=1S/C24H25BrClF3O5S/c1-14-16(11-8-12-17(14)15-9-6-5-7-10-15)13-22(20(30)31)18(21(22,2)3)19(34-35(4,32)33)23(25,26)24(27,28)29/h5-12,18-19H,13H2,1-4H3,(H,30,31)/t18-,19?,22+,23?/m1/s1. The highest BCUT2D eigenvalue weighted by Crippen LogP contribution is 2.74. The molecular weight excluding hydrogens is 573 g/mol. The summed E-state index contributed by atoms with van der Waals surface area (Å²) in [7, 11) is -4.43. The Hall–Kier alpha value is -1.62. The number of halogens is 5. The minimum Gasteiger partial charge on any atom is -0.481 e. The minimum absolute atomic E-state index is 0.145. The summed E-state index contributed by atoms with van der Waals surface area (Å²) >= 11 is 8.24. The van der Waals surface area contributed by atoms with E-state index in [0.717, 1.165) is 16.7 Å². The predicted octanol–water partition coefficient (Wildman–Crippen LogP) is 6.17. The fraction of sp³-hybridized carbons (Fsp3) is 0.458. The zero-order valence-corrected chi connectivity index (χ0v) is 22.5. The van der Waals surface area contributed by atoms with Crippen molar-refractivity contribution >= 4 is 43.6 Å². The first-order chi connectivity index (χ1) is 15.9. The van der Waals surface area contributed by atoms with E-state index in [4.69, 9.17) is 15.8 Å². The molecule has 0 spiro atoms. The lowest BCUT2D eigenvalue weighted by molar-refractivity contribution is -0.160. The Morgan fingerprint density at radius 1 is 1.17 bits per heavy atom. The van der Waals surface area contributed by atoms with Crippen molar-refractivity contribution in [3.05, 3.63) is 59.7 Å². The topological polar surface area (TPSA) is 80.7 Å². The first kappa shape index (κ1) is 28.0. The van der Waals surface area contributed by atoms with Crippen LogP contribution in [0.15, 0.2) is 48.5 Å². The normalized spacial score (nSPS) is 24.4. The molecule has 0 saturated heterocycles. The average Bonchev–Trinajstić information content (AvgIpc) is 3.22. The summed E-state index contributed by atoms with van der Waals surface area (Å²) < 4.78 is 67.1. The summed E-state index contributed by atoms with van der Waals surface area (Å²) in [4.78, 5) is 12.7. The maximum absolute atomic E-state index is 13.9. The zero-order chi connectivity index (χ0) is 26.6. The van der Waals surface area contributed by atoms with Crippen molar-refractivity contribution in [3.63, 3.8) is 0 Å². The third-order valence-electron chi connectivity index (χ3n) is 7.07. The van der Waals surface area contributed by atoms with E-state index in [2.05, 4.69) is 15.9 Å². The van der Waals surface area contributed by atoms with Crippen molar-refractivity contribution in [2.24, 2.45) is 16.7 Å². The van der Waals surface area contributed by atoms with E-state index in [-0.39, 0.29) is 6.42 Å². The van der Waals surface area contributed by atoms with E-state index >= 15 is 0 Å². The van der Waals surface area contributed by atoms with Gasteiger partial charge in [-0.3, -0.25) is 8.98 Å². The SMILES string of the molecule is Cc1c(C[C@@]2(C(=O)O)[C@H](C(OS(C)(=O)=O)C(Cl)(Br)C(F)(F)F)C2(C)C)cccc1-c1ccccc1. The van der Waals surface area contributed by atoms with Crippen LogP contribution in [0, 0.1) is 23.7 Å². The van der Waals surface area contributed by atoms with E-state index in [1.165, 1.54) is 13.8 Å². The third kappa shape index (κ3) is 4.86. The number of rotatable bonds is 8. The van der Waals surface area contributed by atoms with Crippen LogP contribution in [0.4, 0.5) is 13.2 Å². The monoisotopic (exact) mass is 596 g/mol. The summed E-state index contributed by atoms with van der Waals surface area (Å²) in [6, 6.07) is 14.7. The Labute approximate surface area is 215 Å². The minimum atomic E-state index is -5.14. The molecule has 35 heavy (non-hydrogen) atoms. The molecule has 0 aliphatic heterocycles. The highest BCUT2D eigenvalue weighted by molar-refractivity contribution is 9.10. The van der Waals surface area contributed by atoms with Crippen molar-refractivity contribution < 1.29 is 35.7 Å². The van der Waals surface area contributed by atoms with Crippen LogP contribution >= 0.6 is 27.5 Å². The summed E-state index contributed by atoms with van der Waals surface area (Å²) in [5.41, 5.74) is 0.0743. The average molecular weight is 598 g/mol. The van der Waals surface area contributed by atoms with Gasteiger partial charge in [0.2, 0.25) is 3.78 Å². The van der Waals surface area contributed by atoms with E-state index in [9.17, 15) is 31.5 Å². The Morgan fingerprint density at radius 3 is 2.23 bits per heavy atom. The highest BCUT2D eigenvalue weighted by atomic mass is 79.9. The second kappa shape index (κ2) is 9.04. The molecule has 0 radical (unpaired) electrons. The van der Waals surface area contributed by atoms with Gasteiger partial charge in [-0.15, -0.1) is 0 Å². The van der Waals surface area contributed by atoms with Gasteiger partial charge >= 0.3 is 12.1 Å². The van der Waals surface area contributed by atoms with E-state index in [1.54, 1.807) is 12.1 Å². The van der Waals surface area contributed by atoms with Crippen LogP contribution in [-0.2, 0) is 25.5 Å². The van der Waals surface area contributed by atoms with E-state index in [0.29, 0.717) is 11.8 Å². The maximum Gasteiger partial charge on any atom is 0.420 e. The fourth-order valence-corrected chi connectivity index (χ4v) is 6.47. The molecule has 0 heterocycles. The molecule has 11 heteroatoms. The van der Waals surface area contributed by atoms with Gasteiger partial charge in [-0.1, -0.05) is 89.9 Å². The third-order valence-corrected chi connectivity index (χ3v) is 8.96. The molecule has 0 aromatic heterocycles. The second-order valence-electron chi connectivity index (χ2n) is 9.45. The number of carboxylic acids is 1. The largest absolute Gasteiger partial charge is 0.481 e. The molecule has 2 aromatic rings. The summed E-state index contributed by atoms with van der Waals surface area (Å²) in [5.74, 6) is -2.75. The van der Waals surface area contributed by atoms with Crippen molar-refractivity contribution in [1.29, 1.82) is 0 Å². The van der Waals surface area contributed by atoms with Crippen LogP contribution in [0.5, 0.6) is 0 Å². The van der Waals surface area contributed by atoms with Gasteiger partial charge in [0, 0.05) is 5.92 Å². The molecule has 1 aliphatic rings. The van der Waals surface area contributed by atoms with Crippen molar-refractivity contribution in [1.82, 2.24) is 0 Å². The Kier molecular flexibility index (Phi) is 7.22. The smallest absolute Gasteiger partial charge is 0.420 e. The molecule has 0 bridgehead atoms. The molecule has 1 N–H and O–H groups in total. The molecule has 1 saturated carbocycles. The summed E-state index contributed by atoms with van der Waals surface area (Å²) in [5, 5.41) is 10.3. The van der Waals surface area contributed by atoms with Crippen molar-refractivity contribution in [2.45, 2.75) is 43.3 Å². The number of hydrogen-bond acceptors (Lipinski definition) is 4. The Morgan fingerprint density at radius 2 is 1.74 bits per heavy atom. The van der Waals surface area contributed by atoms with Crippen LogP contribution in [-0.4, -0.2) is 41.8 Å². The molecule has 1 aliphatic carbocycles. The number of aliphatic carboxylic acids is 1. The van der Waals surface area contributed by atoms with Gasteiger partial charge in [0.05, 0.1) is 11.7 Å². The lowest BCUT2D eigenvalue weighted by atomic mass is 9.84. The van der Waals surface area contributed by atoms with Gasteiger partial charge in [-0.2, -0.15) is 21.6 Å². The quantitative estimate of drug-likeness (QED) is 0.291. The van der Waals surface area contributed by atoms with Crippen LogP contribution in [0.1, 0.15) is 25.0 Å². The molecule has 2 aromatic carbocycles. The van der Waals surface area contributed by atoms with Crippen LogP contribution in [0.3, 0.4) is 0 Å².